The van der Waals surface area contributed by atoms with Crippen LogP contribution in [0.2, 0.25) is 0 Å². The van der Waals surface area contributed by atoms with E-state index in [2.05, 4.69) is 6.58 Å². The summed E-state index contributed by atoms with van der Waals surface area (Å²) in [6, 6.07) is -0.324. The minimum Gasteiger partial charge on any atom is -0.330 e. The third-order valence-corrected chi connectivity index (χ3v) is 1.73. The molecule has 3 heteroatoms. The lowest BCUT2D eigenvalue weighted by Gasteiger charge is -2.07. The van der Waals surface area contributed by atoms with Gasteiger partial charge in [-0.25, -0.2) is 0 Å². The number of rotatable bonds is 7. The first-order valence-electron chi connectivity index (χ1n) is 4.31. The number of ketones is 1. The van der Waals surface area contributed by atoms with Crippen molar-refractivity contribution in [2.24, 2.45) is 11.5 Å². The molecule has 12 heavy (non-hydrogen) atoms. The van der Waals surface area contributed by atoms with Crippen molar-refractivity contribution < 1.29 is 4.79 Å². The van der Waals surface area contributed by atoms with Crippen LogP contribution in [0.4, 0.5) is 0 Å². The lowest BCUT2D eigenvalue weighted by Crippen LogP contribution is -2.29. The number of Topliss-reactive ketones (excluding diaryl/α,β-unsaturated/α-hetero) is 1. The van der Waals surface area contributed by atoms with Gasteiger partial charge in [0.2, 0.25) is 0 Å². The number of unbranched alkanes of at least 4 members (excludes halogenated alkanes) is 1. The molecule has 0 rings (SSSR count). The Hall–Kier alpha value is -0.670. The van der Waals surface area contributed by atoms with Gasteiger partial charge in [0, 0.05) is 6.42 Å². The van der Waals surface area contributed by atoms with Crippen LogP contribution < -0.4 is 11.5 Å². The topological polar surface area (TPSA) is 69.1 Å². The van der Waals surface area contributed by atoms with Crippen LogP contribution in [0, 0.1) is 0 Å². The number of hydrogen-bond donors (Lipinski definition) is 2. The van der Waals surface area contributed by atoms with Gasteiger partial charge in [-0.1, -0.05) is 12.5 Å². The first-order valence-corrected chi connectivity index (χ1v) is 4.31. The quantitative estimate of drug-likeness (QED) is 0.434. The third-order valence-electron chi connectivity index (χ3n) is 1.73. The van der Waals surface area contributed by atoms with Gasteiger partial charge in [-0.15, -0.1) is 6.58 Å². The minimum absolute atomic E-state index is 0.0713. The summed E-state index contributed by atoms with van der Waals surface area (Å²) < 4.78 is 0. The van der Waals surface area contributed by atoms with Crippen molar-refractivity contribution in [1.29, 1.82) is 0 Å². The first kappa shape index (κ1) is 11.3. The minimum atomic E-state index is -0.324. The van der Waals surface area contributed by atoms with Crippen molar-refractivity contribution in [2.45, 2.75) is 31.7 Å². The predicted octanol–water partition coefficient (Wildman–Crippen LogP) is 0.588. The van der Waals surface area contributed by atoms with E-state index >= 15 is 0 Å². The molecule has 0 amide bonds. The number of nitrogens with two attached hydrogens (primary N) is 2. The average Bonchev–Trinajstić information content (AvgIpc) is 2.05. The van der Waals surface area contributed by atoms with Crippen LogP contribution in [0.1, 0.15) is 25.7 Å². The van der Waals surface area contributed by atoms with E-state index in [0.29, 0.717) is 13.0 Å². The van der Waals surface area contributed by atoms with Gasteiger partial charge in [-0.05, 0) is 19.4 Å². The molecule has 0 saturated heterocycles. The van der Waals surface area contributed by atoms with Crippen LogP contribution in [0.5, 0.6) is 0 Å². The van der Waals surface area contributed by atoms with E-state index < -0.39 is 0 Å². The molecule has 4 N–H and O–H groups in total. The van der Waals surface area contributed by atoms with E-state index in [-0.39, 0.29) is 11.8 Å². The largest absolute Gasteiger partial charge is 0.330 e. The van der Waals surface area contributed by atoms with Crippen LogP contribution in [-0.4, -0.2) is 18.4 Å². The fraction of sp³-hybridized carbons (Fsp3) is 0.667. The molecule has 70 valence electrons. The summed E-state index contributed by atoms with van der Waals surface area (Å²) in [5, 5.41) is 0. The summed E-state index contributed by atoms with van der Waals surface area (Å²) in [5.41, 5.74) is 10.9. The number of carbonyl (C=O) groups excluding carboxylic acids is 1. The first-order chi connectivity index (χ1) is 5.72. The molecule has 0 aliphatic carbocycles. The number of hydrogen-bond acceptors (Lipinski definition) is 3. The van der Waals surface area contributed by atoms with Crippen LogP contribution >= 0.6 is 0 Å². The molecular formula is C9H18N2O. The number of carbonyl (C=O) groups is 1. The molecule has 0 saturated carbocycles. The Morgan fingerprint density at radius 2 is 2.17 bits per heavy atom. The predicted molar refractivity (Wildman–Crippen MR) is 50.7 cm³/mol. The standard InChI is InChI=1S/C9H18N2O/c1-2-5-9(12)8(11)6-3-4-7-10/h2,8H,1,3-7,10-11H2/t8-/m0/s1. The SMILES string of the molecule is C=CCC(=O)[C@@H](N)CCCCN. The molecule has 0 aliphatic rings. The van der Waals surface area contributed by atoms with Gasteiger partial charge in [-0.3, -0.25) is 4.79 Å². The van der Waals surface area contributed by atoms with E-state index in [4.69, 9.17) is 11.5 Å². The maximum atomic E-state index is 11.1. The molecule has 0 aromatic heterocycles. The molecular weight excluding hydrogens is 152 g/mol. The summed E-state index contributed by atoms with van der Waals surface area (Å²) in [7, 11) is 0. The molecule has 0 aromatic carbocycles. The van der Waals surface area contributed by atoms with E-state index in [1.165, 1.54) is 0 Å². The number of allylic oxidation sites excluding steroid dienone is 1. The lowest BCUT2D eigenvalue weighted by atomic mass is 10.0. The molecule has 0 aliphatic heterocycles. The third kappa shape index (κ3) is 5.04. The summed E-state index contributed by atoms with van der Waals surface area (Å²) >= 11 is 0. The average molecular weight is 170 g/mol. The Balaban J connectivity index is 3.49. The second-order valence-electron chi connectivity index (χ2n) is 2.85. The highest BCUT2D eigenvalue weighted by Gasteiger charge is 2.10. The zero-order chi connectivity index (χ0) is 9.40. The van der Waals surface area contributed by atoms with E-state index in [1.54, 1.807) is 6.08 Å². The molecule has 0 radical (unpaired) electrons. The van der Waals surface area contributed by atoms with Crippen LogP contribution in [0.25, 0.3) is 0 Å². The molecule has 0 fully saturated rings. The van der Waals surface area contributed by atoms with Gasteiger partial charge < -0.3 is 11.5 Å². The van der Waals surface area contributed by atoms with Crippen molar-refractivity contribution >= 4 is 5.78 Å². The zero-order valence-electron chi connectivity index (χ0n) is 7.46. The second-order valence-corrected chi connectivity index (χ2v) is 2.85. The highest BCUT2D eigenvalue weighted by Crippen LogP contribution is 2.01. The normalized spacial score (nSPS) is 12.5. The Labute approximate surface area is 73.8 Å². The van der Waals surface area contributed by atoms with Gasteiger partial charge in [0.25, 0.3) is 0 Å². The van der Waals surface area contributed by atoms with Gasteiger partial charge in [0.05, 0.1) is 6.04 Å². The molecule has 3 nitrogen and oxygen atoms in total. The molecule has 0 bridgehead atoms. The summed E-state index contributed by atoms with van der Waals surface area (Å²) in [6.45, 7) is 4.15. The van der Waals surface area contributed by atoms with Crippen molar-refractivity contribution in [3.05, 3.63) is 12.7 Å². The highest BCUT2D eigenvalue weighted by molar-refractivity contribution is 5.84. The zero-order valence-corrected chi connectivity index (χ0v) is 7.46. The van der Waals surface area contributed by atoms with Crippen molar-refractivity contribution in [2.75, 3.05) is 6.54 Å². The van der Waals surface area contributed by atoms with Gasteiger partial charge in [-0.2, -0.15) is 0 Å². The Bertz CT molecular complexity index is 145. The fourth-order valence-corrected chi connectivity index (χ4v) is 0.963. The Morgan fingerprint density at radius 3 is 2.67 bits per heavy atom. The van der Waals surface area contributed by atoms with Crippen molar-refractivity contribution in [3.8, 4) is 0 Å². The molecule has 1 atom stereocenters. The fourth-order valence-electron chi connectivity index (χ4n) is 0.963. The monoisotopic (exact) mass is 170 g/mol. The van der Waals surface area contributed by atoms with E-state index in [9.17, 15) is 4.79 Å². The maximum absolute atomic E-state index is 11.1. The van der Waals surface area contributed by atoms with Gasteiger partial charge >= 0.3 is 0 Å². The van der Waals surface area contributed by atoms with Crippen LogP contribution in [0.3, 0.4) is 0 Å². The smallest absolute Gasteiger partial charge is 0.153 e. The van der Waals surface area contributed by atoms with E-state index in [1.807, 2.05) is 0 Å². The summed E-state index contributed by atoms with van der Waals surface area (Å²) in [4.78, 5) is 11.1. The summed E-state index contributed by atoms with van der Waals surface area (Å²) in [6.07, 6.45) is 4.58. The Morgan fingerprint density at radius 1 is 1.50 bits per heavy atom. The lowest BCUT2D eigenvalue weighted by molar-refractivity contribution is -0.119. The second kappa shape index (κ2) is 7.00. The molecule has 0 aromatic rings. The Kier molecular flexibility index (Phi) is 6.61. The van der Waals surface area contributed by atoms with Crippen LogP contribution in [-0.2, 0) is 4.79 Å². The molecule has 0 unspecified atom stereocenters. The van der Waals surface area contributed by atoms with Gasteiger partial charge in [0.15, 0.2) is 5.78 Å². The maximum Gasteiger partial charge on any atom is 0.153 e. The summed E-state index contributed by atoms with van der Waals surface area (Å²) in [5.74, 6) is 0.0713. The molecule has 0 heterocycles. The highest BCUT2D eigenvalue weighted by atomic mass is 16.1. The van der Waals surface area contributed by atoms with Crippen molar-refractivity contribution in [1.82, 2.24) is 0 Å². The van der Waals surface area contributed by atoms with Crippen LogP contribution in [0.15, 0.2) is 12.7 Å². The van der Waals surface area contributed by atoms with Crippen molar-refractivity contribution in [3.63, 3.8) is 0 Å². The molecule has 0 spiro atoms. The van der Waals surface area contributed by atoms with E-state index in [0.717, 1.165) is 19.3 Å². The van der Waals surface area contributed by atoms with Gasteiger partial charge in [0.1, 0.15) is 0 Å².